The smallest absolute Gasteiger partial charge is 0.123 e. The second kappa shape index (κ2) is 9.65. The lowest BCUT2D eigenvalue weighted by atomic mass is 9.85. The molecule has 0 bridgehead atoms. The van der Waals surface area contributed by atoms with E-state index in [-0.39, 0.29) is 12.1 Å². The van der Waals surface area contributed by atoms with Gasteiger partial charge in [-0.2, -0.15) is 0 Å². The van der Waals surface area contributed by atoms with Gasteiger partial charge in [-0.3, -0.25) is 49.9 Å². The molecule has 10 rings (SSSR count). The number of aryl methyl sites for hydroxylation is 6. The SMILES string of the molecule is Cc1nc2c(nc1C)CC1=NC3c4nc5c(nc4-c4nc6c(nc4C3N=C1C2)Cc1nc(C)c(C)nc1C6)Cc1nc(C)c(C)nc1C5. The van der Waals surface area contributed by atoms with Crippen LogP contribution in [0.3, 0.4) is 0 Å². The minimum Gasteiger partial charge on any atom is -0.275 e. The fraction of sp³-hybridized carbons (Fsp3) is 0.389. The maximum absolute atomic E-state index is 5.40. The second-order valence-electron chi connectivity index (χ2n) is 13.7. The standard InChI is InChI=1S/C36H32N12/c1-13-14(2)38-20-8-26-25(7-19(20)37-13)43-31-32(44-26)34-36(48-30-12-24-23(11-29(30)46-34)41-17(5)18(6)42-24)35-33(31)45-27-9-21-22(10-28(27)47-35)40-16(4)15(3)39-21/h31-32H,7-12H2,1-6H3. The van der Waals surface area contributed by atoms with E-state index in [0.717, 1.165) is 125 Å². The Balaban J connectivity index is 1.15. The van der Waals surface area contributed by atoms with E-state index in [4.69, 9.17) is 59.8 Å². The Kier molecular flexibility index (Phi) is 5.59. The summed E-state index contributed by atoms with van der Waals surface area (Å²) in [6, 6.07) is -0.740. The molecule has 0 spiro atoms. The number of hydrogen-bond donors (Lipinski definition) is 0. The van der Waals surface area contributed by atoms with Gasteiger partial charge in [0.2, 0.25) is 0 Å². The molecule has 6 heterocycles. The Morgan fingerprint density at radius 3 is 0.875 bits per heavy atom. The summed E-state index contributed by atoms with van der Waals surface area (Å²) >= 11 is 0. The van der Waals surface area contributed by atoms with E-state index in [1.165, 1.54) is 0 Å². The normalized spacial score (nSPS) is 19.2. The molecule has 0 fully saturated rings. The fourth-order valence-electron chi connectivity index (χ4n) is 7.60. The largest absolute Gasteiger partial charge is 0.275 e. The number of rotatable bonds is 0. The van der Waals surface area contributed by atoms with Gasteiger partial charge in [0.1, 0.15) is 23.5 Å². The van der Waals surface area contributed by atoms with Crippen molar-refractivity contribution in [2.45, 2.75) is 92.2 Å². The van der Waals surface area contributed by atoms with Gasteiger partial charge in [-0.15, -0.1) is 0 Å². The molecule has 5 aliphatic rings. The summed E-state index contributed by atoms with van der Waals surface area (Å²) in [5, 5.41) is 0. The highest BCUT2D eigenvalue weighted by atomic mass is 15.1. The van der Waals surface area contributed by atoms with Crippen molar-refractivity contribution in [3.63, 3.8) is 0 Å². The van der Waals surface area contributed by atoms with Gasteiger partial charge in [-0.05, 0) is 41.5 Å². The first-order valence-electron chi connectivity index (χ1n) is 16.6. The maximum atomic E-state index is 5.40. The number of nitrogens with zero attached hydrogens (tertiary/aromatic N) is 12. The fourth-order valence-corrected chi connectivity index (χ4v) is 7.60. The van der Waals surface area contributed by atoms with E-state index in [2.05, 4.69) is 0 Å². The molecular formula is C36H32N12. The van der Waals surface area contributed by atoms with Crippen molar-refractivity contribution in [2.24, 2.45) is 9.98 Å². The van der Waals surface area contributed by atoms with Gasteiger partial charge in [0.05, 0.1) is 114 Å². The molecule has 1 aliphatic heterocycles. The van der Waals surface area contributed by atoms with Crippen molar-refractivity contribution in [1.29, 1.82) is 0 Å². The van der Waals surface area contributed by atoms with Crippen molar-refractivity contribution >= 4 is 11.4 Å². The summed E-state index contributed by atoms with van der Waals surface area (Å²) in [6.07, 6.45) is 3.51. The van der Waals surface area contributed by atoms with E-state index >= 15 is 0 Å². The maximum Gasteiger partial charge on any atom is 0.123 e. The quantitative estimate of drug-likeness (QED) is 0.240. The summed E-state index contributed by atoms with van der Waals surface area (Å²) in [7, 11) is 0. The van der Waals surface area contributed by atoms with Crippen LogP contribution in [0.15, 0.2) is 9.98 Å². The lowest BCUT2D eigenvalue weighted by Crippen LogP contribution is -2.35. The molecule has 0 aromatic carbocycles. The summed E-state index contributed by atoms with van der Waals surface area (Å²) in [5.74, 6) is 0. The van der Waals surface area contributed by atoms with Crippen LogP contribution in [0.2, 0.25) is 0 Å². The molecule has 12 heteroatoms. The molecule has 0 N–H and O–H groups in total. The lowest BCUT2D eigenvalue weighted by molar-refractivity contribution is 0.524. The van der Waals surface area contributed by atoms with Gasteiger partial charge in [0.25, 0.3) is 0 Å². The van der Waals surface area contributed by atoms with E-state index in [0.29, 0.717) is 38.5 Å². The van der Waals surface area contributed by atoms with Crippen LogP contribution in [0, 0.1) is 41.5 Å². The molecule has 5 aromatic heterocycles. The highest BCUT2D eigenvalue weighted by Crippen LogP contribution is 2.49. The zero-order valence-electron chi connectivity index (χ0n) is 27.8. The van der Waals surface area contributed by atoms with Crippen molar-refractivity contribution in [3.8, 4) is 11.4 Å². The van der Waals surface area contributed by atoms with Crippen molar-refractivity contribution in [2.75, 3.05) is 0 Å². The summed E-state index contributed by atoms with van der Waals surface area (Å²) < 4.78 is 0. The Morgan fingerprint density at radius 1 is 0.312 bits per heavy atom. The van der Waals surface area contributed by atoms with Gasteiger partial charge in [0, 0.05) is 38.5 Å². The molecular weight excluding hydrogens is 600 g/mol. The Bertz CT molecular complexity index is 2220. The van der Waals surface area contributed by atoms with Crippen LogP contribution in [-0.4, -0.2) is 61.3 Å². The molecule has 2 unspecified atom stereocenters. The van der Waals surface area contributed by atoms with Crippen LogP contribution in [-0.2, 0) is 38.5 Å². The van der Waals surface area contributed by atoms with Gasteiger partial charge in [-0.1, -0.05) is 0 Å². The third-order valence-electron chi connectivity index (χ3n) is 10.6. The molecule has 0 saturated heterocycles. The predicted molar refractivity (Wildman–Crippen MR) is 177 cm³/mol. The minimum atomic E-state index is -0.370. The Morgan fingerprint density at radius 2 is 0.562 bits per heavy atom. The molecule has 5 aromatic rings. The first-order valence-corrected chi connectivity index (χ1v) is 16.6. The second-order valence-corrected chi connectivity index (χ2v) is 13.7. The van der Waals surface area contributed by atoms with E-state index < -0.39 is 0 Å². The van der Waals surface area contributed by atoms with Crippen LogP contribution in [0.25, 0.3) is 11.4 Å². The first-order chi connectivity index (χ1) is 23.2. The van der Waals surface area contributed by atoms with Crippen LogP contribution in [0.5, 0.6) is 0 Å². The number of fused-ring (bicyclic) bond motifs is 12. The third kappa shape index (κ3) is 4.01. The van der Waals surface area contributed by atoms with Gasteiger partial charge < -0.3 is 0 Å². The Labute approximate surface area is 276 Å². The van der Waals surface area contributed by atoms with E-state index in [9.17, 15) is 0 Å². The number of aromatic nitrogens is 10. The molecule has 12 nitrogen and oxygen atoms in total. The molecule has 0 radical (unpaired) electrons. The van der Waals surface area contributed by atoms with E-state index in [1.54, 1.807) is 0 Å². The summed E-state index contributed by atoms with van der Waals surface area (Å²) in [6.45, 7) is 12.0. The van der Waals surface area contributed by atoms with Crippen LogP contribution >= 0.6 is 0 Å². The van der Waals surface area contributed by atoms with Gasteiger partial charge >= 0.3 is 0 Å². The average molecular weight is 633 g/mol. The topological polar surface area (TPSA) is 154 Å². The Hall–Kier alpha value is -5.26. The molecule has 0 saturated carbocycles. The monoisotopic (exact) mass is 632 g/mol. The predicted octanol–water partition coefficient (Wildman–Crippen LogP) is 3.93. The molecule has 0 amide bonds. The number of aliphatic imine (C=N–C) groups is 2. The average Bonchev–Trinajstić information content (AvgIpc) is 3.05. The highest BCUT2D eigenvalue weighted by molar-refractivity contribution is 6.44. The third-order valence-corrected chi connectivity index (χ3v) is 10.6. The zero-order valence-corrected chi connectivity index (χ0v) is 27.8. The van der Waals surface area contributed by atoms with Crippen LogP contribution in [0.4, 0.5) is 0 Å². The lowest BCUT2D eigenvalue weighted by Gasteiger charge is -2.35. The molecule has 4 aliphatic carbocycles. The summed E-state index contributed by atoms with van der Waals surface area (Å²) in [5.41, 5.74) is 20.1. The molecule has 48 heavy (non-hydrogen) atoms. The van der Waals surface area contributed by atoms with Crippen molar-refractivity contribution in [3.05, 3.63) is 102 Å². The first kappa shape index (κ1) is 27.8. The van der Waals surface area contributed by atoms with Crippen LogP contribution < -0.4 is 0 Å². The molecule has 2 atom stereocenters. The highest BCUT2D eigenvalue weighted by Gasteiger charge is 2.44. The van der Waals surface area contributed by atoms with E-state index in [1.807, 2.05) is 41.5 Å². The summed E-state index contributed by atoms with van der Waals surface area (Å²) in [4.78, 5) is 61.4. The van der Waals surface area contributed by atoms with Crippen molar-refractivity contribution in [1.82, 2.24) is 49.8 Å². The number of hydrogen-bond acceptors (Lipinski definition) is 12. The van der Waals surface area contributed by atoms with Crippen LogP contribution in [0.1, 0.15) is 115 Å². The van der Waals surface area contributed by atoms with Gasteiger partial charge in [-0.25, -0.2) is 9.97 Å². The zero-order chi connectivity index (χ0) is 32.6. The molecule has 236 valence electrons. The van der Waals surface area contributed by atoms with Gasteiger partial charge in [0.15, 0.2) is 0 Å². The van der Waals surface area contributed by atoms with Crippen molar-refractivity contribution < 1.29 is 0 Å². The minimum absolute atomic E-state index is 0.370.